The first-order valence-electron chi connectivity index (χ1n) is 10.6. The van der Waals surface area contributed by atoms with Crippen molar-refractivity contribution in [2.24, 2.45) is 0 Å². The molecule has 0 radical (unpaired) electrons. The highest BCUT2D eigenvalue weighted by Gasteiger charge is 2.48. The van der Waals surface area contributed by atoms with E-state index in [9.17, 15) is 14.2 Å². The summed E-state index contributed by atoms with van der Waals surface area (Å²) < 4.78 is 36.5. The summed E-state index contributed by atoms with van der Waals surface area (Å²) in [5, 5.41) is 0. The van der Waals surface area contributed by atoms with Crippen molar-refractivity contribution in [2.45, 2.75) is 39.8 Å². The number of carbonyl (C=O) groups is 2. The lowest BCUT2D eigenvalue weighted by Gasteiger charge is -2.25. The molecule has 32 heavy (non-hydrogen) atoms. The fourth-order valence-corrected chi connectivity index (χ4v) is 6.02. The van der Waals surface area contributed by atoms with Crippen LogP contribution in [0.5, 0.6) is 23.0 Å². The van der Waals surface area contributed by atoms with Crippen LogP contribution in [-0.2, 0) is 4.57 Å². The van der Waals surface area contributed by atoms with E-state index in [1.807, 2.05) is 0 Å². The molecule has 0 amide bonds. The van der Waals surface area contributed by atoms with Gasteiger partial charge in [0.1, 0.15) is 34.1 Å². The third-order valence-electron chi connectivity index (χ3n) is 5.26. The third-order valence-corrected chi connectivity index (χ3v) is 8.52. The molecule has 0 heterocycles. The summed E-state index contributed by atoms with van der Waals surface area (Å²) in [4.78, 5) is 27.8. The van der Waals surface area contributed by atoms with Crippen molar-refractivity contribution in [3.05, 3.63) is 47.5 Å². The van der Waals surface area contributed by atoms with E-state index in [-0.39, 0.29) is 47.3 Å². The fourth-order valence-electron chi connectivity index (χ4n) is 3.42. The Labute approximate surface area is 189 Å². The van der Waals surface area contributed by atoms with E-state index in [2.05, 4.69) is 0 Å². The predicted octanol–water partition coefficient (Wildman–Crippen LogP) is 5.64. The van der Waals surface area contributed by atoms with Gasteiger partial charge in [-0.25, -0.2) is 0 Å². The van der Waals surface area contributed by atoms with Crippen molar-refractivity contribution in [2.75, 3.05) is 27.4 Å². The zero-order valence-electron chi connectivity index (χ0n) is 19.5. The second-order valence-corrected chi connectivity index (χ2v) is 10.1. The van der Waals surface area contributed by atoms with Gasteiger partial charge in [-0.1, -0.05) is 26.0 Å². The number of benzene rings is 2. The lowest BCUT2D eigenvalue weighted by Crippen LogP contribution is -2.21. The maximum absolute atomic E-state index is 14.5. The second-order valence-electron chi connectivity index (χ2n) is 7.06. The van der Waals surface area contributed by atoms with Crippen LogP contribution in [0.3, 0.4) is 0 Å². The van der Waals surface area contributed by atoms with Gasteiger partial charge in [-0.15, -0.1) is 0 Å². The van der Waals surface area contributed by atoms with E-state index >= 15 is 0 Å². The summed E-state index contributed by atoms with van der Waals surface area (Å²) in [7, 11) is -1.40. The minimum absolute atomic E-state index is 0.00157. The normalized spacial score (nSPS) is 12.1. The first-order chi connectivity index (χ1) is 15.3. The average Bonchev–Trinajstić information content (AvgIpc) is 2.82. The molecule has 2 aromatic rings. The molecule has 0 saturated carbocycles. The van der Waals surface area contributed by atoms with Gasteiger partial charge in [-0.2, -0.15) is 0 Å². The maximum Gasteiger partial charge on any atom is 0.236 e. The van der Waals surface area contributed by atoms with Crippen molar-refractivity contribution in [1.29, 1.82) is 0 Å². The SMILES string of the molecule is CCOc1cccc(OC)c1C(=O)P(=O)(C(=O)c1c(OC)cccc1OCC)C(C)CC. The van der Waals surface area contributed by atoms with Crippen LogP contribution in [0.4, 0.5) is 0 Å². The molecule has 0 aromatic heterocycles. The average molecular weight is 462 g/mol. The van der Waals surface area contributed by atoms with Crippen LogP contribution in [0.1, 0.15) is 54.8 Å². The molecule has 1 unspecified atom stereocenters. The van der Waals surface area contributed by atoms with Crippen molar-refractivity contribution in [3.63, 3.8) is 0 Å². The highest BCUT2D eigenvalue weighted by atomic mass is 31.2. The fraction of sp³-hybridized carbons (Fsp3) is 0.417. The van der Waals surface area contributed by atoms with Crippen LogP contribution in [0, 0.1) is 0 Å². The summed E-state index contributed by atoms with van der Waals surface area (Å²) in [6, 6.07) is 9.69. The molecule has 0 N–H and O–H groups in total. The van der Waals surface area contributed by atoms with Gasteiger partial charge in [0.25, 0.3) is 0 Å². The highest BCUT2D eigenvalue weighted by Crippen LogP contribution is 2.60. The van der Waals surface area contributed by atoms with Crippen molar-refractivity contribution in [1.82, 2.24) is 0 Å². The van der Waals surface area contributed by atoms with Crippen molar-refractivity contribution >= 4 is 18.2 Å². The molecule has 0 bridgehead atoms. The zero-order chi connectivity index (χ0) is 23.9. The molecular formula is C24H31O7P. The highest BCUT2D eigenvalue weighted by molar-refractivity contribution is 7.96. The Morgan fingerprint density at radius 2 is 1.16 bits per heavy atom. The van der Waals surface area contributed by atoms with Gasteiger partial charge in [0.2, 0.25) is 18.2 Å². The summed E-state index contributed by atoms with van der Waals surface area (Å²) >= 11 is 0. The van der Waals surface area contributed by atoms with E-state index in [4.69, 9.17) is 18.9 Å². The van der Waals surface area contributed by atoms with Crippen LogP contribution < -0.4 is 18.9 Å². The molecule has 0 saturated heterocycles. The minimum atomic E-state index is -4.22. The number of carbonyl (C=O) groups excluding carboxylic acids is 2. The number of rotatable bonds is 12. The predicted molar refractivity (Wildman–Crippen MR) is 124 cm³/mol. The van der Waals surface area contributed by atoms with Crippen LogP contribution in [0.15, 0.2) is 36.4 Å². The van der Waals surface area contributed by atoms with Gasteiger partial charge >= 0.3 is 0 Å². The Bertz CT molecular complexity index is 942. The molecule has 1 atom stereocenters. The van der Waals surface area contributed by atoms with Crippen molar-refractivity contribution < 1.29 is 33.1 Å². The Kier molecular flexibility index (Phi) is 8.90. The molecule has 0 aliphatic rings. The van der Waals surface area contributed by atoms with Gasteiger partial charge in [0.05, 0.1) is 27.4 Å². The van der Waals surface area contributed by atoms with Gasteiger partial charge in [0.15, 0.2) is 0 Å². The summed E-state index contributed by atoms with van der Waals surface area (Å²) in [5.74, 6) is 0.834. The number of ether oxygens (including phenoxy) is 4. The zero-order valence-corrected chi connectivity index (χ0v) is 20.4. The lowest BCUT2D eigenvalue weighted by atomic mass is 10.2. The molecule has 2 rings (SSSR count). The summed E-state index contributed by atoms with van der Waals surface area (Å²) in [6.07, 6.45) is 0.354. The summed E-state index contributed by atoms with van der Waals surface area (Å²) in [5.41, 5.74) is -2.32. The first-order valence-corrected chi connectivity index (χ1v) is 12.4. The summed E-state index contributed by atoms with van der Waals surface area (Å²) in [6.45, 7) is 7.55. The van der Waals surface area contributed by atoms with E-state index in [0.29, 0.717) is 6.42 Å². The van der Waals surface area contributed by atoms with Gasteiger partial charge < -0.3 is 23.5 Å². The number of hydrogen-bond acceptors (Lipinski definition) is 7. The van der Waals surface area contributed by atoms with Gasteiger partial charge in [-0.05, 0) is 44.5 Å². The van der Waals surface area contributed by atoms with Gasteiger partial charge in [-0.3, -0.25) is 9.59 Å². The van der Waals surface area contributed by atoms with Crippen LogP contribution in [0.25, 0.3) is 0 Å². The molecule has 2 aromatic carbocycles. The number of hydrogen-bond donors (Lipinski definition) is 0. The van der Waals surface area contributed by atoms with Crippen LogP contribution in [-0.4, -0.2) is 44.1 Å². The Balaban J connectivity index is 2.80. The van der Waals surface area contributed by atoms with Crippen LogP contribution >= 0.6 is 7.14 Å². The van der Waals surface area contributed by atoms with Gasteiger partial charge in [0, 0.05) is 5.66 Å². The molecule has 7 nitrogen and oxygen atoms in total. The van der Waals surface area contributed by atoms with Crippen molar-refractivity contribution in [3.8, 4) is 23.0 Å². The minimum Gasteiger partial charge on any atom is -0.496 e. The number of methoxy groups -OCH3 is 2. The molecule has 0 aliphatic carbocycles. The smallest absolute Gasteiger partial charge is 0.236 e. The molecule has 174 valence electrons. The largest absolute Gasteiger partial charge is 0.496 e. The van der Waals surface area contributed by atoms with E-state index in [1.54, 1.807) is 64.1 Å². The van der Waals surface area contributed by atoms with E-state index < -0.39 is 23.8 Å². The Morgan fingerprint density at radius 3 is 1.47 bits per heavy atom. The van der Waals surface area contributed by atoms with E-state index in [1.165, 1.54) is 14.2 Å². The first kappa shape index (κ1) is 25.5. The monoisotopic (exact) mass is 462 g/mol. The molecular weight excluding hydrogens is 431 g/mol. The Hall–Kier alpha value is -2.79. The topological polar surface area (TPSA) is 88.1 Å². The standard InChI is InChI=1S/C24H31O7P/c1-7-16(4)32(27,23(25)21-17(28-5)12-10-14-19(21)30-8-2)24(26)22-18(29-6)13-11-15-20(22)31-9-3/h10-16H,7-9H2,1-6H3. The quantitative estimate of drug-likeness (QED) is 0.377. The third kappa shape index (κ3) is 4.68. The van der Waals surface area contributed by atoms with E-state index in [0.717, 1.165) is 0 Å². The molecule has 8 heteroatoms. The lowest BCUT2D eigenvalue weighted by molar-refractivity contribution is 0.102. The van der Waals surface area contributed by atoms with Crippen LogP contribution in [0.2, 0.25) is 0 Å². The molecule has 0 aliphatic heterocycles. The Morgan fingerprint density at radius 1 is 0.781 bits per heavy atom. The second kappa shape index (κ2) is 11.2. The molecule has 0 fully saturated rings. The molecule has 0 spiro atoms. The maximum atomic E-state index is 14.5.